The molecule has 0 bridgehead atoms. The molecule has 0 saturated carbocycles. The molecule has 1 N–H and O–H groups in total. The van der Waals surface area contributed by atoms with E-state index in [4.69, 9.17) is 9.47 Å². The second-order valence-corrected chi connectivity index (χ2v) is 7.08. The lowest BCUT2D eigenvalue weighted by molar-refractivity contribution is 0.0198. The Balaban J connectivity index is 1.80. The van der Waals surface area contributed by atoms with E-state index < -0.39 is 5.60 Å². The lowest BCUT2D eigenvalue weighted by atomic mass is 10.0. The van der Waals surface area contributed by atoms with Crippen LogP contribution in [0.1, 0.15) is 39.2 Å². The summed E-state index contributed by atoms with van der Waals surface area (Å²) < 4.78 is 24.3. The number of likely N-dealkylation sites (tertiary alicyclic amines) is 1. The van der Waals surface area contributed by atoms with Gasteiger partial charge in [-0.15, -0.1) is 0 Å². The van der Waals surface area contributed by atoms with E-state index in [9.17, 15) is 9.18 Å². The molecule has 6 heteroatoms. The number of nitrogens with one attached hydrogen (secondary N) is 1. The van der Waals surface area contributed by atoms with Crippen molar-refractivity contribution in [1.82, 2.24) is 10.2 Å². The van der Waals surface area contributed by atoms with E-state index in [1.54, 1.807) is 24.1 Å². The maximum Gasteiger partial charge on any atom is 0.410 e. The molecule has 0 radical (unpaired) electrons. The summed E-state index contributed by atoms with van der Waals surface area (Å²) in [6.45, 7) is 7.33. The Morgan fingerprint density at radius 1 is 1.33 bits per heavy atom. The van der Waals surface area contributed by atoms with Gasteiger partial charge in [-0.25, -0.2) is 9.18 Å². The summed E-state index contributed by atoms with van der Waals surface area (Å²) in [5.41, 5.74) is 0.111. The Kier molecular flexibility index (Phi) is 6.04. The van der Waals surface area contributed by atoms with Crippen LogP contribution in [0.15, 0.2) is 18.2 Å². The zero-order chi connectivity index (χ0) is 17.7. The number of methoxy groups -OCH3 is 1. The van der Waals surface area contributed by atoms with Crippen LogP contribution in [0.3, 0.4) is 0 Å². The van der Waals surface area contributed by atoms with Crippen LogP contribution in [0, 0.1) is 5.82 Å². The first-order valence-corrected chi connectivity index (χ1v) is 8.32. The van der Waals surface area contributed by atoms with E-state index in [0.717, 1.165) is 12.8 Å². The van der Waals surface area contributed by atoms with E-state index in [2.05, 4.69) is 5.32 Å². The zero-order valence-electron chi connectivity index (χ0n) is 14.9. The van der Waals surface area contributed by atoms with Crippen LogP contribution in [0.2, 0.25) is 0 Å². The molecule has 0 aromatic heterocycles. The molecule has 1 fully saturated rings. The molecular formula is C18H27FN2O3. The summed E-state index contributed by atoms with van der Waals surface area (Å²) in [5, 5.41) is 3.36. The van der Waals surface area contributed by atoms with Gasteiger partial charge in [-0.2, -0.15) is 0 Å². The molecule has 1 aromatic rings. The fraction of sp³-hybridized carbons (Fsp3) is 0.611. The summed E-state index contributed by atoms with van der Waals surface area (Å²) in [4.78, 5) is 13.8. The van der Waals surface area contributed by atoms with Gasteiger partial charge in [-0.05, 0) is 51.8 Å². The van der Waals surface area contributed by atoms with E-state index in [-0.39, 0.29) is 18.0 Å². The normalized spacial score (nSPS) is 16.1. The van der Waals surface area contributed by atoms with Crippen molar-refractivity contribution in [3.05, 3.63) is 29.6 Å². The quantitative estimate of drug-likeness (QED) is 0.915. The average molecular weight is 338 g/mol. The number of rotatable bonds is 4. The number of amides is 1. The molecule has 0 spiro atoms. The number of piperidine rings is 1. The van der Waals surface area contributed by atoms with Crippen LogP contribution in [-0.2, 0) is 11.3 Å². The fourth-order valence-corrected chi connectivity index (χ4v) is 2.66. The Morgan fingerprint density at radius 2 is 2.00 bits per heavy atom. The minimum Gasteiger partial charge on any atom is -0.497 e. The number of benzene rings is 1. The molecular weight excluding hydrogens is 311 g/mol. The van der Waals surface area contributed by atoms with Crippen molar-refractivity contribution in [3.63, 3.8) is 0 Å². The smallest absolute Gasteiger partial charge is 0.410 e. The Hall–Kier alpha value is -1.82. The molecule has 2 rings (SSSR count). The third kappa shape index (κ3) is 5.37. The molecule has 0 aliphatic carbocycles. The monoisotopic (exact) mass is 338 g/mol. The lowest BCUT2D eigenvalue weighted by Crippen LogP contribution is -2.46. The minimum absolute atomic E-state index is 0.241. The first-order valence-electron chi connectivity index (χ1n) is 8.32. The number of halogens is 1. The predicted molar refractivity (Wildman–Crippen MR) is 90.6 cm³/mol. The highest BCUT2D eigenvalue weighted by molar-refractivity contribution is 5.68. The summed E-state index contributed by atoms with van der Waals surface area (Å²) in [5.74, 6) is 0.405. The maximum atomic E-state index is 13.8. The van der Waals surface area contributed by atoms with Crippen molar-refractivity contribution in [3.8, 4) is 5.75 Å². The van der Waals surface area contributed by atoms with Gasteiger partial charge in [0.2, 0.25) is 0 Å². The molecule has 1 aromatic carbocycles. The van der Waals surface area contributed by atoms with Gasteiger partial charge in [-0.3, -0.25) is 0 Å². The Morgan fingerprint density at radius 3 is 2.58 bits per heavy atom. The average Bonchev–Trinajstić information content (AvgIpc) is 2.53. The van der Waals surface area contributed by atoms with Crippen LogP contribution in [0.25, 0.3) is 0 Å². The number of nitrogens with zero attached hydrogens (tertiary/aromatic N) is 1. The summed E-state index contributed by atoms with van der Waals surface area (Å²) in [7, 11) is 1.57. The molecule has 134 valence electrons. The SMILES string of the molecule is COc1ccc(F)c(CNC2CCN(C(=O)OC(C)(C)C)CC2)c1. The molecule has 5 nitrogen and oxygen atoms in total. The van der Waals surface area contributed by atoms with Gasteiger partial charge >= 0.3 is 6.09 Å². The van der Waals surface area contributed by atoms with Crippen LogP contribution in [0.4, 0.5) is 9.18 Å². The summed E-state index contributed by atoms with van der Waals surface area (Å²) in [6, 6.07) is 4.99. The maximum absolute atomic E-state index is 13.8. The van der Waals surface area contributed by atoms with Crippen molar-refractivity contribution in [2.75, 3.05) is 20.2 Å². The summed E-state index contributed by atoms with van der Waals surface area (Å²) >= 11 is 0. The lowest BCUT2D eigenvalue weighted by Gasteiger charge is -2.33. The third-order valence-corrected chi connectivity index (χ3v) is 3.98. The van der Waals surface area contributed by atoms with Gasteiger partial charge in [-0.1, -0.05) is 0 Å². The number of carbonyl (C=O) groups is 1. The van der Waals surface area contributed by atoms with Gasteiger partial charge in [0.15, 0.2) is 0 Å². The molecule has 1 aliphatic heterocycles. The van der Waals surface area contributed by atoms with Crippen molar-refractivity contribution < 1.29 is 18.7 Å². The van der Waals surface area contributed by atoms with E-state index in [1.165, 1.54) is 6.07 Å². The zero-order valence-corrected chi connectivity index (χ0v) is 14.9. The molecule has 1 amide bonds. The van der Waals surface area contributed by atoms with Crippen molar-refractivity contribution in [1.29, 1.82) is 0 Å². The first-order chi connectivity index (χ1) is 11.3. The number of ether oxygens (including phenoxy) is 2. The van der Waals surface area contributed by atoms with Gasteiger partial charge in [0.1, 0.15) is 17.2 Å². The molecule has 0 unspecified atom stereocenters. The Labute approximate surface area is 143 Å². The highest BCUT2D eigenvalue weighted by atomic mass is 19.1. The van der Waals surface area contributed by atoms with Gasteiger partial charge < -0.3 is 19.7 Å². The standard InChI is InChI=1S/C18H27FN2O3/c1-18(2,3)24-17(22)21-9-7-14(8-10-21)20-12-13-11-15(23-4)5-6-16(13)19/h5-6,11,14,20H,7-10,12H2,1-4H3. The van der Waals surface area contributed by atoms with Crippen LogP contribution in [0.5, 0.6) is 5.75 Å². The van der Waals surface area contributed by atoms with Gasteiger partial charge in [0.05, 0.1) is 7.11 Å². The highest BCUT2D eigenvalue weighted by Gasteiger charge is 2.26. The number of carbonyl (C=O) groups excluding carboxylic acids is 1. The largest absolute Gasteiger partial charge is 0.497 e. The molecule has 1 aliphatic rings. The third-order valence-electron chi connectivity index (χ3n) is 3.98. The van der Waals surface area contributed by atoms with Crippen molar-refractivity contribution >= 4 is 6.09 Å². The number of hydrogen-bond donors (Lipinski definition) is 1. The van der Waals surface area contributed by atoms with E-state index in [0.29, 0.717) is 30.9 Å². The van der Waals surface area contributed by atoms with Crippen molar-refractivity contribution in [2.45, 2.75) is 51.8 Å². The predicted octanol–water partition coefficient (Wildman–Crippen LogP) is 3.32. The fourth-order valence-electron chi connectivity index (χ4n) is 2.66. The second kappa shape index (κ2) is 7.83. The molecule has 0 atom stereocenters. The highest BCUT2D eigenvalue weighted by Crippen LogP contribution is 2.18. The van der Waals surface area contributed by atoms with Gasteiger partial charge in [0, 0.05) is 31.2 Å². The van der Waals surface area contributed by atoms with Crippen molar-refractivity contribution in [2.24, 2.45) is 0 Å². The van der Waals surface area contributed by atoms with Crippen LogP contribution in [-0.4, -0.2) is 42.8 Å². The topological polar surface area (TPSA) is 50.8 Å². The Bertz CT molecular complexity index is 564. The first kappa shape index (κ1) is 18.5. The van der Waals surface area contributed by atoms with Crippen LogP contribution < -0.4 is 10.1 Å². The number of hydrogen-bond acceptors (Lipinski definition) is 4. The molecule has 1 heterocycles. The second-order valence-electron chi connectivity index (χ2n) is 7.08. The van der Waals surface area contributed by atoms with E-state index in [1.807, 2.05) is 20.8 Å². The minimum atomic E-state index is -0.476. The van der Waals surface area contributed by atoms with E-state index >= 15 is 0 Å². The van der Waals surface area contributed by atoms with Crippen LogP contribution >= 0.6 is 0 Å². The molecule has 24 heavy (non-hydrogen) atoms. The van der Waals surface area contributed by atoms with Gasteiger partial charge in [0.25, 0.3) is 0 Å². The summed E-state index contributed by atoms with van der Waals surface area (Å²) in [6.07, 6.45) is 1.38. The molecule has 1 saturated heterocycles.